The van der Waals surface area contributed by atoms with E-state index in [2.05, 4.69) is 24.9 Å². The lowest BCUT2D eigenvalue weighted by molar-refractivity contribution is 0.391. The monoisotopic (exact) mass is 546 g/mol. The first-order chi connectivity index (χ1) is 18.2. The first kappa shape index (κ1) is 28.5. The summed E-state index contributed by atoms with van der Waals surface area (Å²) < 4.78 is 55.0. The highest BCUT2D eigenvalue weighted by Gasteiger charge is 2.28. The van der Waals surface area contributed by atoms with E-state index in [0.717, 1.165) is 18.9 Å². The third kappa shape index (κ3) is 6.23. The molecule has 0 fully saturated rings. The number of aliphatic hydroxyl groups excluding tert-OH is 1. The predicted octanol–water partition coefficient (Wildman–Crippen LogP) is 3.42. The maximum Gasteiger partial charge on any atom is 0.243 e. The maximum atomic E-state index is 13.3. The molecule has 0 amide bonds. The van der Waals surface area contributed by atoms with Crippen LogP contribution in [0.15, 0.2) is 55.0 Å². The van der Waals surface area contributed by atoms with Crippen molar-refractivity contribution in [2.24, 2.45) is 0 Å². The first-order valence-corrected chi connectivity index (χ1v) is 12.9. The summed E-state index contributed by atoms with van der Waals surface area (Å²) in [6, 6.07) is 9.74. The summed E-state index contributed by atoms with van der Waals surface area (Å²) >= 11 is 0. The van der Waals surface area contributed by atoms with Crippen LogP contribution in [0.1, 0.15) is 19.6 Å². The second-order valence-electron chi connectivity index (χ2n) is 8.07. The summed E-state index contributed by atoms with van der Waals surface area (Å²) in [5, 5.41) is 14.5. The van der Waals surface area contributed by atoms with Crippen LogP contribution < -0.4 is 14.2 Å². The molecule has 4 rings (SSSR count). The van der Waals surface area contributed by atoms with Gasteiger partial charge in [0.15, 0.2) is 5.82 Å². The number of aromatic nitrogens is 5. The van der Waals surface area contributed by atoms with Gasteiger partial charge >= 0.3 is 0 Å². The van der Waals surface area contributed by atoms with Crippen LogP contribution in [0.4, 0.5) is 10.3 Å². The molecule has 4 aromatic rings. The van der Waals surface area contributed by atoms with Gasteiger partial charge in [-0.15, -0.1) is 10.2 Å². The number of halogens is 1. The number of aryl methyl sites for hydroxylation is 1. The number of aliphatic hydroxyl groups is 1. The number of ether oxygens (including phenoxy) is 2. The highest BCUT2D eigenvalue weighted by atomic mass is 32.2. The van der Waals surface area contributed by atoms with Crippen molar-refractivity contribution in [3.05, 3.63) is 72.1 Å². The quantitative estimate of drug-likeness (QED) is 0.323. The molecule has 0 spiro atoms. The Morgan fingerprint density at radius 1 is 1.08 bits per heavy atom. The molecule has 0 aliphatic heterocycles. The molecule has 0 saturated heterocycles. The summed E-state index contributed by atoms with van der Waals surface area (Å²) in [6.07, 6.45) is 4.42. The zero-order valence-corrected chi connectivity index (χ0v) is 22.4. The molecule has 0 saturated carbocycles. The van der Waals surface area contributed by atoms with Crippen LogP contribution in [-0.2, 0) is 16.4 Å². The van der Waals surface area contributed by atoms with Gasteiger partial charge in [0.1, 0.15) is 23.0 Å². The molecule has 3 aromatic heterocycles. The smallest absolute Gasteiger partial charge is 0.243 e. The minimum absolute atomic E-state index is 0. The fourth-order valence-corrected chi connectivity index (χ4v) is 4.62. The number of pyridine rings is 2. The molecule has 204 valence electrons. The number of para-hydroxylation sites is 1. The van der Waals surface area contributed by atoms with Crippen LogP contribution in [0.5, 0.6) is 11.5 Å². The first-order valence-electron chi connectivity index (χ1n) is 11.4. The number of anilines is 1. The van der Waals surface area contributed by atoms with Gasteiger partial charge in [-0.1, -0.05) is 6.07 Å². The average molecular weight is 547 g/mol. The lowest BCUT2D eigenvalue weighted by Gasteiger charge is -2.19. The summed E-state index contributed by atoms with van der Waals surface area (Å²) in [7, 11) is 0.0236. The van der Waals surface area contributed by atoms with E-state index < -0.39 is 21.1 Å². The largest absolute Gasteiger partial charge is 0.494 e. The maximum absolute atomic E-state index is 13.3. The molecule has 2 N–H and O–H groups in total. The Balaban J connectivity index is 0.00000174. The van der Waals surface area contributed by atoms with Gasteiger partial charge in [0.2, 0.25) is 16.0 Å². The number of rotatable bonds is 9. The molecule has 0 aliphatic rings. The fraction of sp³-hybridized carbons (Fsp3) is 0.280. The van der Waals surface area contributed by atoms with Gasteiger partial charge < -0.3 is 14.6 Å². The van der Waals surface area contributed by atoms with Crippen molar-refractivity contribution >= 4 is 16.0 Å². The zero-order chi connectivity index (χ0) is 27.9. The standard InChI is InChI=1S/C24H25FN6O4S.CH4O.H2/c1-15-10-17(13-26-12-15)23-28-29-24(31(23)22-20(34-3)6-5-7-21(22)35-4)30-36(32,33)16(2)11-19-9-8-18(25)14-27-19;1-2;/h5-10,12-14,16H,11H2,1-4H3,(H,29,30);2H,1H3;1H. The van der Waals surface area contributed by atoms with Gasteiger partial charge in [-0.2, -0.15) is 0 Å². The molecular weight excluding hydrogens is 515 g/mol. The van der Waals surface area contributed by atoms with Crippen molar-refractivity contribution in [3.63, 3.8) is 0 Å². The molecule has 0 bridgehead atoms. The van der Waals surface area contributed by atoms with Crippen LogP contribution in [0.2, 0.25) is 0 Å². The molecule has 11 nitrogen and oxygen atoms in total. The van der Waals surface area contributed by atoms with E-state index >= 15 is 0 Å². The average Bonchev–Trinajstić information content (AvgIpc) is 3.32. The van der Waals surface area contributed by atoms with Crippen molar-refractivity contribution in [2.45, 2.75) is 25.5 Å². The van der Waals surface area contributed by atoms with E-state index in [9.17, 15) is 12.8 Å². The zero-order valence-electron chi connectivity index (χ0n) is 21.6. The lowest BCUT2D eigenvalue weighted by atomic mass is 10.2. The van der Waals surface area contributed by atoms with E-state index in [0.29, 0.717) is 34.3 Å². The van der Waals surface area contributed by atoms with Crippen molar-refractivity contribution in [1.82, 2.24) is 24.7 Å². The van der Waals surface area contributed by atoms with Gasteiger partial charge in [0.25, 0.3) is 0 Å². The van der Waals surface area contributed by atoms with Gasteiger partial charge in [-0.05, 0) is 49.7 Å². The van der Waals surface area contributed by atoms with Crippen LogP contribution >= 0.6 is 0 Å². The van der Waals surface area contributed by atoms with Crippen molar-refractivity contribution in [3.8, 4) is 28.6 Å². The molecule has 3 heterocycles. The molecule has 38 heavy (non-hydrogen) atoms. The van der Waals surface area contributed by atoms with Crippen molar-refractivity contribution in [1.29, 1.82) is 0 Å². The van der Waals surface area contributed by atoms with Crippen molar-refractivity contribution in [2.75, 3.05) is 26.1 Å². The number of hydrogen-bond acceptors (Lipinski definition) is 9. The molecule has 1 aromatic carbocycles. The van der Waals surface area contributed by atoms with E-state index in [1.807, 2.05) is 13.0 Å². The summed E-state index contributed by atoms with van der Waals surface area (Å²) in [6.45, 7) is 3.42. The number of hydrogen-bond donors (Lipinski definition) is 2. The Labute approximate surface area is 221 Å². The van der Waals surface area contributed by atoms with Crippen LogP contribution in [0, 0.1) is 12.7 Å². The molecule has 1 atom stereocenters. The van der Waals surface area contributed by atoms with Gasteiger partial charge in [0.05, 0.1) is 25.7 Å². The normalized spacial score (nSPS) is 11.8. The second-order valence-corrected chi connectivity index (χ2v) is 10.2. The Bertz CT molecular complexity index is 1460. The van der Waals surface area contributed by atoms with Crippen molar-refractivity contribution < 1.29 is 28.8 Å². The van der Waals surface area contributed by atoms with Gasteiger partial charge in [0, 0.05) is 38.6 Å². The fourth-order valence-electron chi connectivity index (χ4n) is 3.64. The molecule has 0 radical (unpaired) electrons. The van der Waals surface area contributed by atoms with Crippen LogP contribution in [0.3, 0.4) is 0 Å². The van der Waals surface area contributed by atoms with Gasteiger partial charge in [-0.25, -0.2) is 12.8 Å². The van der Waals surface area contributed by atoms with Gasteiger partial charge in [-0.3, -0.25) is 19.3 Å². The number of sulfonamides is 1. The third-order valence-electron chi connectivity index (χ3n) is 5.47. The van der Waals surface area contributed by atoms with Crippen LogP contribution in [0.25, 0.3) is 17.1 Å². The minimum atomic E-state index is -3.97. The highest BCUT2D eigenvalue weighted by molar-refractivity contribution is 7.93. The molecule has 13 heteroatoms. The second kappa shape index (κ2) is 12.4. The SMILES string of the molecule is CO.COc1cccc(OC)c1-n1c(NS(=O)(=O)C(C)Cc2ccc(F)cn2)nnc1-c1cncc(C)c1.[HH]. The Hall–Kier alpha value is -4.10. The van der Waals surface area contributed by atoms with Crippen LogP contribution in [-0.4, -0.2) is 64.8 Å². The minimum Gasteiger partial charge on any atom is -0.494 e. The molecule has 1 unspecified atom stereocenters. The highest BCUT2D eigenvalue weighted by Crippen LogP contribution is 2.37. The van der Waals surface area contributed by atoms with E-state index in [1.165, 1.54) is 37.8 Å². The molecule has 0 aliphatic carbocycles. The van der Waals surface area contributed by atoms with E-state index in [-0.39, 0.29) is 13.8 Å². The number of methoxy groups -OCH3 is 2. The molecular formula is C25H31FN6O5S. The third-order valence-corrected chi connectivity index (χ3v) is 7.16. The number of nitrogens with zero attached hydrogens (tertiary/aromatic N) is 5. The lowest BCUT2D eigenvalue weighted by Crippen LogP contribution is -2.29. The number of benzene rings is 1. The summed E-state index contributed by atoms with van der Waals surface area (Å²) in [5.74, 6) is 0.609. The Morgan fingerprint density at radius 3 is 2.34 bits per heavy atom. The topological polar surface area (TPSA) is 141 Å². The van der Waals surface area contributed by atoms with E-state index in [1.54, 1.807) is 30.6 Å². The predicted molar refractivity (Wildman–Crippen MR) is 143 cm³/mol. The van der Waals surface area contributed by atoms with E-state index in [4.69, 9.17) is 14.6 Å². The summed E-state index contributed by atoms with van der Waals surface area (Å²) in [5.41, 5.74) is 2.35. The number of nitrogens with one attached hydrogen (secondary N) is 1. The Morgan fingerprint density at radius 2 is 1.76 bits per heavy atom. The Kier molecular flexibility index (Phi) is 9.31. The summed E-state index contributed by atoms with van der Waals surface area (Å²) in [4.78, 5) is 8.19.